The molecule has 106 valence electrons. The molecule has 0 unspecified atom stereocenters. The first-order chi connectivity index (χ1) is 9.51. The van der Waals surface area contributed by atoms with E-state index in [-0.39, 0.29) is 17.9 Å². The Morgan fingerprint density at radius 2 is 2.20 bits per heavy atom. The minimum absolute atomic E-state index is 0.0650. The summed E-state index contributed by atoms with van der Waals surface area (Å²) < 4.78 is 19.9. The van der Waals surface area contributed by atoms with Gasteiger partial charge in [0.25, 0.3) is 0 Å². The maximum Gasteiger partial charge on any atom is 0.340 e. The molecule has 1 aromatic carbocycles. The van der Waals surface area contributed by atoms with E-state index in [0.717, 1.165) is 17.5 Å². The Morgan fingerprint density at radius 1 is 1.45 bits per heavy atom. The quantitative estimate of drug-likeness (QED) is 0.687. The van der Waals surface area contributed by atoms with Crippen molar-refractivity contribution in [2.75, 3.05) is 5.73 Å². The normalized spacial score (nSPS) is 10.6. The van der Waals surface area contributed by atoms with E-state index in [1.54, 1.807) is 4.68 Å². The molecule has 0 saturated carbocycles. The maximum atomic E-state index is 12.9. The van der Waals surface area contributed by atoms with Gasteiger partial charge in [-0.2, -0.15) is 5.10 Å². The predicted octanol–water partition coefficient (Wildman–Crippen LogP) is 2.29. The van der Waals surface area contributed by atoms with Crippen molar-refractivity contribution in [2.24, 2.45) is 0 Å². The number of nitrogens with two attached hydrogens (primary N) is 1. The van der Waals surface area contributed by atoms with Crippen molar-refractivity contribution in [1.29, 1.82) is 0 Å². The van der Waals surface area contributed by atoms with Crippen molar-refractivity contribution in [3.05, 3.63) is 47.0 Å². The minimum Gasteiger partial charge on any atom is -0.456 e. The number of benzene rings is 1. The summed E-state index contributed by atoms with van der Waals surface area (Å²) >= 11 is 0. The van der Waals surface area contributed by atoms with Gasteiger partial charge in [0.2, 0.25) is 0 Å². The van der Waals surface area contributed by atoms with Gasteiger partial charge in [-0.25, -0.2) is 9.18 Å². The molecule has 0 bridgehead atoms. The summed E-state index contributed by atoms with van der Waals surface area (Å²) in [5.41, 5.74) is 7.48. The fraction of sp³-hybridized carbons (Fsp3) is 0.286. The van der Waals surface area contributed by atoms with Crippen LogP contribution >= 0.6 is 0 Å². The van der Waals surface area contributed by atoms with Crippen LogP contribution in [-0.2, 0) is 17.9 Å². The van der Waals surface area contributed by atoms with Crippen LogP contribution in [0.4, 0.5) is 10.1 Å². The molecule has 0 radical (unpaired) electrons. The molecule has 1 heterocycles. The molecule has 0 fully saturated rings. The SMILES string of the molecule is CCn1nc(C)cc1COC(=O)c1ccc(F)cc1N. The number of nitrogen functional groups attached to an aromatic ring is 1. The number of aryl methyl sites for hydroxylation is 2. The lowest BCUT2D eigenvalue weighted by Crippen LogP contribution is -2.11. The van der Waals surface area contributed by atoms with E-state index in [2.05, 4.69) is 5.10 Å². The Hall–Kier alpha value is -2.37. The second-order valence-corrected chi connectivity index (χ2v) is 4.40. The zero-order valence-electron chi connectivity index (χ0n) is 11.4. The number of rotatable bonds is 4. The molecule has 0 saturated heterocycles. The lowest BCUT2D eigenvalue weighted by Gasteiger charge is -2.08. The van der Waals surface area contributed by atoms with Gasteiger partial charge < -0.3 is 10.5 Å². The number of carbonyl (C=O) groups is 1. The first-order valence-electron chi connectivity index (χ1n) is 6.26. The second kappa shape index (κ2) is 5.73. The number of anilines is 1. The highest BCUT2D eigenvalue weighted by Crippen LogP contribution is 2.15. The third kappa shape index (κ3) is 2.96. The van der Waals surface area contributed by atoms with Crippen LogP contribution in [0.25, 0.3) is 0 Å². The van der Waals surface area contributed by atoms with Gasteiger partial charge in [0.05, 0.1) is 17.0 Å². The van der Waals surface area contributed by atoms with E-state index in [1.165, 1.54) is 12.1 Å². The average Bonchev–Trinajstić information content (AvgIpc) is 2.76. The van der Waals surface area contributed by atoms with Gasteiger partial charge in [0.15, 0.2) is 0 Å². The molecule has 0 atom stereocenters. The van der Waals surface area contributed by atoms with Gasteiger partial charge in [-0.1, -0.05) is 0 Å². The van der Waals surface area contributed by atoms with Gasteiger partial charge in [-0.15, -0.1) is 0 Å². The Kier molecular flexibility index (Phi) is 4.02. The molecule has 0 amide bonds. The molecule has 2 rings (SSSR count). The lowest BCUT2D eigenvalue weighted by molar-refractivity contribution is 0.0463. The van der Waals surface area contributed by atoms with Gasteiger partial charge in [-0.05, 0) is 38.1 Å². The lowest BCUT2D eigenvalue weighted by atomic mass is 10.2. The van der Waals surface area contributed by atoms with Crippen LogP contribution in [0.5, 0.6) is 0 Å². The fourth-order valence-corrected chi connectivity index (χ4v) is 1.93. The molecular weight excluding hydrogens is 261 g/mol. The topological polar surface area (TPSA) is 70.1 Å². The monoisotopic (exact) mass is 277 g/mol. The zero-order chi connectivity index (χ0) is 14.7. The van der Waals surface area contributed by atoms with Gasteiger partial charge in [-0.3, -0.25) is 4.68 Å². The number of hydrogen-bond donors (Lipinski definition) is 1. The smallest absolute Gasteiger partial charge is 0.340 e. The standard InChI is InChI=1S/C14H16FN3O2/c1-3-18-11(6-9(2)17-18)8-20-14(19)12-5-4-10(15)7-13(12)16/h4-7H,3,8,16H2,1-2H3. The molecule has 6 heteroatoms. The number of ether oxygens (including phenoxy) is 1. The molecular formula is C14H16FN3O2. The molecule has 0 aliphatic rings. The van der Waals surface area contributed by atoms with E-state index in [0.29, 0.717) is 6.54 Å². The van der Waals surface area contributed by atoms with Crippen LogP contribution in [0.1, 0.15) is 28.7 Å². The summed E-state index contributed by atoms with van der Waals surface area (Å²) in [6.45, 7) is 4.62. The summed E-state index contributed by atoms with van der Waals surface area (Å²) in [4.78, 5) is 11.9. The molecule has 0 aliphatic carbocycles. The molecule has 0 aliphatic heterocycles. The Balaban J connectivity index is 2.08. The predicted molar refractivity (Wildman–Crippen MR) is 72.6 cm³/mol. The van der Waals surface area contributed by atoms with Crippen LogP contribution in [0.15, 0.2) is 24.3 Å². The first-order valence-corrected chi connectivity index (χ1v) is 6.26. The number of halogens is 1. The average molecular weight is 277 g/mol. The summed E-state index contributed by atoms with van der Waals surface area (Å²) in [6.07, 6.45) is 0. The number of esters is 1. The van der Waals surface area contributed by atoms with E-state index in [4.69, 9.17) is 10.5 Å². The third-order valence-electron chi connectivity index (χ3n) is 2.87. The van der Waals surface area contributed by atoms with Crippen LogP contribution < -0.4 is 5.73 Å². The Labute approximate surface area is 116 Å². The molecule has 20 heavy (non-hydrogen) atoms. The third-order valence-corrected chi connectivity index (χ3v) is 2.87. The highest BCUT2D eigenvalue weighted by atomic mass is 19.1. The van der Waals surface area contributed by atoms with Crippen molar-refractivity contribution < 1.29 is 13.9 Å². The summed E-state index contributed by atoms with van der Waals surface area (Å²) in [6, 6.07) is 5.44. The van der Waals surface area contributed by atoms with Crippen LogP contribution in [0.3, 0.4) is 0 Å². The van der Waals surface area contributed by atoms with E-state index in [9.17, 15) is 9.18 Å². The minimum atomic E-state index is -0.580. The van der Waals surface area contributed by atoms with Gasteiger partial charge in [0.1, 0.15) is 12.4 Å². The van der Waals surface area contributed by atoms with Crippen LogP contribution in [-0.4, -0.2) is 15.7 Å². The van der Waals surface area contributed by atoms with Crippen LogP contribution in [0, 0.1) is 12.7 Å². The molecule has 2 N–H and O–H groups in total. The van der Waals surface area contributed by atoms with E-state index in [1.807, 2.05) is 19.9 Å². The summed E-state index contributed by atoms with van der Waals surface area (Å²) in [7, 11) is 0. The molecule has 5 nitrogen and oxygen atoms in total. The second-order valence-electron chi connectivity index (χ2n) is 4.40. The molecule has 0 spiro atoms. The van der Waals surface area contributed by atoms with Crippen molar-refractivity contribution in [2.45, 2.75) is 27.0 Å². The van der Waals surface area contributed by atoms with Crippen molar-refractivity contribution >= 4 is 11.7 Å². The Morgan fingerprint density at radius 3 is 2.85 bits per heavy atom. The van der Waals surface area contributed by atoms with E-state index >= 15 is 0 Å². The number of carbonyl (C=O) groups excluding carboxylic acids is 1. The van der Waals surface area contributed by atoms with Crippen molar-refractivity contribution in [3.63, 3.8) is 0 Å². The number of aromatic nitrogens is 2. The van der Waals surface area contributed by atoms with Gasteiger partial charge >= 0.3 is 5.97 Å². The highest BCUT2D eigenvalue weighted by molar-refractivity contribution is 5.94. The van der Waals surface area contributed by atoms with Crippen LogP contribution in [0.2, 0.25) is 0 Å². The van der Waals surface area contributed by atoms with E-state index < -0.39 is 11.8 Å². The molecule has 2 aromatic rings. The zero-order valence-corrected chi connectivity index (χ0v) is 11.4. The maximum absolute atomic E-state index is 12.9. The van der Waals surface area contributed by atoms with Gasteiger partial charge in [0, 0.05) is 12.2 Å². The first kappa shape index (κ1) is 14.0. The molecule has 1 aromatic heterocycles. The number of nitrogens with zero attached hydrogens (tertiary/aromatic N) is 2. The Bertz CT molecular complexity index is 637. The fourth-order valence-electron chi connectivity index (χ4n) is 1.93. The largest absolute Gasteiger partial charge is 0.456 e. The van der Waals surface area contributed by atoms with Crippen molar-refractivity contribution in [1.82, 2.24) is 9.78 Å². The van der Waals surface area contributed by atoms with Crippen molar-refractivity contribution in [3.8, 4) is 0 Å². The summed E-state index contributed by atoms with van der Waals surface area (Å²) in [5, 5.41) is 4.26. The summed E-state index contributed by atoms with van der Waals surface area (Å²) in [5.74, 6) is -1.07. The highest BCUT2D eigenvalue weighted by Gasteiger charge is 2.13. The number of hydrogen-bond acceptors (Lipinski definition) is 4.